The first-order valence-corrected chi connectivity index (χ1v) is 9.38. The highest BCUT2D eigenvalue weighted by molar-refractivity contribution is 9.10. The quantitative estimate of drug-likeness (QED) is 0.818. The number of nitrogens with two attached hydrogens (primary N) is 1. The third-order valence-corrected chi connectivity index (χ3v) is 6.95. The first kappa shape index (κ1) is 16.7. The van der Waals surface area contributed by atoms with E-state index in [0.717, 1.165) is 19.5 Å². The highest BCUT2D eigenvalue weighted by Crippen LogP contribution is 2.28. The minimum absolute atomic E-state index is 0.250. The topological polar surface area (TPSA) is 66.6 Å². The summed E-state index contributed by atoms with van der Waals surface area (Å²) in [6.45, 7) is 6.92. The Bertz CT molecular complexity index is 598. The van der Waals surface area contributed by atoms with E-state index in [1.165, 1.54) is 6.07 Å². The van der Waals surface area contributed by atoms with Crippen molar-refractivity contribution < 1.29 is 8.42 Å². The van der Waals surface area contributed by atoms with E-state index in [1.807, 2.05) is 0 Å². The number of hydrogen-bond donors (Lipinski definition) is 1. The van der Waals surface area contributed by atoms with Crippen LogP contribution in [0.5, 0.6) is 0 Å². The Hall–Kier alpha value is -0.630. The van der Waals surface area contributed by atoms with Crippen molar-refractivity contribution in [2.75, 3.05) is 31.9 Å². The molecule has 2 rings (SSSR count). The van der Waals surface area contributed by atoms with Crippen LogP contribution in [0.25, 0.3) is 0 Å². The lowest BCUT2D eigenvalue weighted by Gasteiger charge is -2.37. The van der Waals surface area contributed by atoms with Crippen molar-refractivity contribution in [3.63, 3.8) is 0 Å². The number of anilines is 1. The van der Waals surface area contributed by atoms with Gasteiger partial charge in [-0.05, 0) is 47.5 Å². The van der Waals surface area contributed by atoms with Gasteiger partial charge in [0.1, 0.15) is 0 Å². The first-order valence-electron chi connectivity index (χ1n) is 7.15. The van der Waals surface area contributed by atoms with Crippen LogP contribution in [0.15, 0.2) is 27.6 Å². The molecular weight excluding hydrogens is 354 g/mol. The molecule has 1 unspecified atom stereocenters. The fourth-order valence-electron chi connectivity index (χ4n) is 2.50. The molecule has 1 saturated heterocycles. The first-order chi connectivity index (χ1) is 9.86. The summed E-state index contributed by atoms with van der Waals surface area (Å²) in [5, 5.41) is 0. The number of nitrogen functional groups attached to an aromatic ring is 1. The molecule has 1 aromatic carbocycles. The summed E-state index contributed by atoms with van der Waals surface area (Å²) >= 11 is 3.31. The molecule has 21 heavy (non-hydrogen) atoms. The third kappa shape index (κ3) is 3.59. The maximum Gasteiger partial charge on any atom is 0.244 e. The van der Waals surface area contributed by atoms with Crippen molar-refractivity contribution in [2.45, 2.75) is 31.2 Å². The summed E-state index contributed by atoms with van der Waals surface area (Å²) in [6, 6.07) is 5.37. The van der Waals surface area contributed by atoms with Crippen LogP contribution in [0.3, 0.4) is 0 Å². The molecule has 0 saturated carbocycles. The van der Waals surface area contributed by atoms with Gasteiger partial charge in [0.05, 0.1) is 4.90 Å². The van der Waals surface area contributed by atoms with Gasteiger partial charge in [0.2, 0.25) is 10.0 Å². The van der Waals surface area contributed by atoms with Crippen LogP contribution in [-0.4, -0.2) is 49.8 Å². The van der Waals surface area contributed by atoms with E-state index in [-0.39, 0.29) is 4.90 Å². The SMILES string of the molecule is CCC(C)N1CCN(S(=O)(=O)c2cc(N)ccc2Br)CC1. The maximum atomic E-state index is 12.7. The van der Waals surface area contributed by atoms with Crippen molar-refractivity contribution in [2.24, 2.45) is 0 Å². The van der Waals surface area contributed by atoms with Crippen LogP contribution in [0, 0.1) is 0 Å². The van der Waals surface area contributed by atoms with Crippen LogP contribution in [0.2, 0.25) is 0 Å². The molecule has 0 amide bonds. The minimum atomic E-state index is -3.49. The van der Waals surface area contributed by atoms with Gasteiger partial charge < -0.3 is 5.73 Å². The zero-order valence-electron chi connectivity index (χ0n) is 12.4. The molecule has 1 heterocycles. The molecule has 2 N–H and O–H groups in total. The van der Waals surface area contributed by atoms with Crippen LogP contribution in [0.1, 0.15) is 20.3 Å². The van der Waals surface area contributed by atoms with Gasteiger partial charge in [-0.1, -0.05) is 6.92 Å². The van der Waals surface area contributed by atoms with Gasteiger partial charge in [0, 0.05) is 42.4 Å². The van der Waals surface area contributed by atoms with E-state index in [1.54, 1.807) is 16.4 Å². The van der Waals surface area contributed by atoms with E-state index in [2.05, 4.69) is 34.7 Å². The Morgan fingerprint density at radius 2 is 1.90 bits per heavy atom. The second-order valence-electron chi connectivity index (χ2n) is 5.39. The lowest BCUT2D eigenvalue weighted by atomic mass is 10.2. The monoisotopic (exact) mass is 375 g/mol. The van der Waals surface area contributed by atoms with Crippen LogP contribution in [0.4, 0.5) is 5.69 Å². The van der Waals surface area contributed by atoms with Crippen LogP contribution < -0.4 is 5.73 Å². The number of nitrogens with zero attached hydrogens (tertiary/aromatic N) is 2. The molecule has 0 bridgehead atoms. The third-order valence-electron chi connectivity index (χ3n) is 4.06. The van der Waals surface area contributed by atoms with E-state index in [0.29, 0.717) is 29.3 Å². The molecule has 0 spiro atoms. The summed E-state index contributed by atoms with van der Waals surface area (Å²) < 4.78 is 27.6. The number of hydrogen-bond acceptors (Lipinski definition) is 4. The van der Waals surface area contributed by atoms with Crippen molar-refractivity contribution >= 4 is 31.6 Å². The molecule has 0 aromatic heterocycles. The molecule has 7 heteroatoms. The highest BCUT2D eigenvalue weighted by atomic mass is 79.9. The molecular formula is C14H22BrN3O2S. The zero-order valence-corrected chi connectivity index (χ0v) is 14.8. The van der Waals surface area contributed by atoms with E-state index < -0.39 is 10.0 Å². The predicted octanol–water partition coefficient (Wildman–Crippen LogP) is 2.14. The van der Waals surface area contributed by atoms with Gasteiger partial charge >= 0.3 is 0 Å². The van der Waals surface area contributed by atoms with Crippen molar-refractivity contribution in [1.29, 1.82) is 0 Å². The van der Waals surface area contributed by atoms with Crippen molar-refractivity contribution in [3.05, 3.63) is 22.7 Å². The average Bonchev–Trinajstić information content (AvgIpc) is 2.49. The summed E-state index contributed by atoms with van der Waals surface area (Å²) in [5.74, 6) is 0. The molecule has 0 aliphatic carbocycles. The molecule has 1 aromatic rings. The van der Waals surface area contributed by atoms with E-state index in [9.17, 15) is 8.42 Å². The normalized spacial score (nSPS) is 19.6. The molecule has 1 aliphatic heterocycles. The standard InChI is InChI=1S/C14H22BrN3O2S/c1-3-11(2)17-6-8-18(9-7-17)21(19,20)14-10-12(16)4-5-13(14)15/h4-5,10-11H,3,6-9,16H2,1-2H3. The van der Waals surface area contributed by atoms with Gasteiger partial charge in [0.15, 0.2) is 0 Å². The van der Waals surface area contributed by atoms with Crippen LogP contribution >= 0.6 is 15.9 Å². The van der Waals surface area contributed by atoms with Gasteiger partial charge in [-0.2, -0.15) is 4.31 Å². The average molecular weight is 376 g/mol. The van der Waals surface area contributed by atoms with Gasteiger partial charge in [-0.3, -0.25) is 4.90 Å². The largest absolute Gasteiger partial charge is 0.399 e. The Kier molecular flexibility index (Phi) is 5.29. The summed E-state index contributed by atoms with van der Waals surface area (Å²) in [6.07, 6.45) is 1.08. The lowest BCUT2D eigenvalue weighted by molar-refractivity contribution is 0.142. The zero-order chi connectivity index (χ0) is 15.6. The molecule has 5 nitrogen and oxygen atoms in total. The predicted molar refractivity (Wildman–Crippen MR) is 88.6 cm³/mol. The Balaban J connectivity index is 2.17. The van der Waals surface area contributed by atoms with Crippen molar-refractivity contribution in [1.82, 2.24) is 9.21 Å². The summed E-state index contributed by atoms with van der Waals surface area (Å²) in [4.78, 5) is 2.58. The number of sulfonamides is 1. The number of benzene rings is 1. The second-order valence-corrected chi connectivity index (χ2v) is 8.15. The maximum absolute atomic E-state index is 12.7. The number of halogens is 1. The Morgan fingerprint density at radius 3 is 2.48 bits per heavy atom. The van der Waals surface area contributed by atoms with Gasteiger partial charge in [-0.25, -0.2) is 8.42 Å². The smallest absolute Gasteiger partial charge is 0.244 e. The number of piperazine rings is 1. The molecule has 1 fully saturated rings. The Labute approximate surface area is 135 Å². The van der Waals surface area contributed by atoms with Gasteiger partial charge in [-0.15, -0.1) is 0 Å². The highest BCUT2D eigenvalue weighted by Gasteiger charge is 2.30. The van der Waals surface area contributed by atoms with Crippen molar-refractivity contribution in [3.8, 4) is 0 Å². The number of rotatable bonds is 4. The van der Waals surface area contributed by atoms with E-state index >= 15 is 0 Å². The molecule has 1 atom stereocenters. The minimum Gasteiger partial charge on any atom is -0.399 e. The molecule has 1 aliphatic rings. The molecule has 0 radical (unpaired) electrons. The fourth-order valence-corrected chi connectivity index (χ4v) is 4.88. The molecule has 118 valence electrons. The Morgan fingerprint density at radius 1 is 1.29 bits per heavy atom. The van der Waals surface area contributed by atoms with Crippen LogP contribution in [-0.2, 0) is 10.0 Å². The van der Waals surface area contributed by atoms with E-state index in [4.69, 9.17) is 5.73 Å². The van der Waals surface area contributed by atoms with Gasteiger partial charge in [0.25, 0.3) is 0 Å². The second kappa shape index (κ2) is 6.64. The fraction of sp³-hybridized carbons (Fsp3) is 0.571. The summed E-state index contributed by atoms with van der Waals surface area (Å²) in [5.41, 5.74) is 6.18. The lowest BCUT2D eigenvalue weighted by Crippen LogP contribution is -2.51. The summed E-state index contributed by atoms with van der Waals surface area (Å²) in [7, 11) is -3.49.